The van der Waals surface area contributed by atoms with Crippen LogP contribution in [0.5, 0.6) is 0 Å². The predicted molar refractivity (Wildman–Crippen MR) is 47.5 cm³/mol. The van der Waals surface area contributed by atoms with Crippen LogP contribution in [0.2, 0.25) is 0 Å². The zero-order valence-corrected chi connectivity index (χ0v) is 6.84. The van der Waals surface area contributed by atoms with Crippen LogP contribution in [-0.4, -0.2) is 12.6 Å². The van der Waals surface area contributed by atoms with E-state index < -0.39 is 0 Å². The maximum atomic E-state index is 3.51. The molecule has 0 bridgehead atoms. The first kappa shape index (κ1) is 7.11. The molecule has 1 heterocycles. The van der Waals surface area contributed by atoms with Crippen molar-refractivity contribution in [1.82, 2.24) is 5.32 Å². The molecule has 0 spiro atoms. The Hall–Kier alpha value is -0.560. The molecule has 0 amide bonds. The summed E-state index contributed by atoms with van der Waals surface area (Å²) < 4.78 is 0. The van der Waals surface area contributed by atoms with Crippen molar-refractivity contribution in [2.24, 2.45) is 0 Å². The number of allylic oxidation sites excluding steroid dienone is 2. The molecule has 1 aliphatic carbocycles. The van der Waals surface area contributed by atoms with E-state index in [1.807, 2.05) is 0 Å². The third kappa shape index (κ3) is 1.54. The minimum atomic E-state index is 0.673. The van der Waals surface area contributed by atoms with E-state index in [-0.39, 0.29) is 0 Å². The Kier molecular flexibility index (Phi) is 2.08. The second-order valence-corrected chi connectivity index (χ2v) is 3.33. The summed E-state index contributed by atoms with van der Waals surface area (Å²) in [6.07, 6.45) is 12.1. The van der Waals surface area contributed by atoms with Gasteiger partial charge in [-0.3, -0.25) is 0 Å². The summed E-state index contributed by atoms with van der Waals surface area (Å²) in [5.41, 5.74) is 1.52. The smallest absolute Gasteiger partial charge is 0.0317 e. The summed E-state index contributed by atoms with van der Waals surface area (Å²) >= 11 is 0. The Balaban J connectivity index is 2.02. The average Bonchev–Trinajstić information content (AvgIpc) is 2.58. The van der Waals surface area contributed by atoms with Crippen molar-refractivity contribution in [2.45, 2.75) is 31.7 Å². The van der Waals surface area contributed by atoms with Gasteiger partial charge in [-0.15, -0.1) is 0 Å². The molecule has 0 radical (unpaired) electrons. The minimum Gasteiger partial charge on any atom is -0.310 e. The zero-order chi connectivity index (χ0) is 7.52. The molecular weight excluding hydrogens is 134 g/mol. The highest BCUT2D eigenvalue weighted by Crippen LogP contribution is 2.19. The molecule has 1 saturated heterocycles. The standard InChI is InChI=1S/C10H15N/c1-2-5-9(6-3-1)10-7-4-8-11-10/h2,5-6,10-11H,1,3-4,7-8H2. The van der Waals surface area contributed by atoms with Crippen LogP contribution in [0.3, 0.4) is 0 Å². The van der Waals surface area contributed by atoms with Gasteiger partial charge in [0.2, 0.25) is 0 Å². The van der Waals surface area contributed by atoms with E-state index in [0.29, 0.717) is 6.04 Å². The topological polar surface area (TPSA) is 12.0 Å². The minimum absolute atomic E-state index is 0.673. The fourth-order valence-corrected chi connectivity index (χ4v) is 1.86. The first-order chi connectivity index (χ1) is 5.47. The van der Waals surface area contributed by atoms with Crippen LogP contribution in [0, 0.1) is 0 Å². The summed E-state index contributed by atoms with van der Waals surface area (Å²) in [6, 6.07) is 0.673. The summed E-state index contributed by atoms with van der Waals surface area (Å²) in [5.74, 6) is 0. The highest BCUT2D eigenvalue weighted by atomic mass is 14.9. The predicted octanol–water partition coefficient (Wildman–Crippen LogP) is 2.01. The van der Waals surface area contributed by atoms with Gasteiger partial charge in [0.15, 0.2) is 0 Å². The molecule has 60 valence electrons. The Morgan fingerprint density at radius 3 is 3.00 bits per heavy atom. The SMILES string of the molecule is C1=CC(C2CCCN2)=CCC1. The molecule has 1 heteroatoms. The van der Waals surface area contributed by atoms with Crippen molar-refractivity contribution in [1.29, 1.82) is 0 Å². The Morgan fingerprint density at radius 2 is 2.36 bits per heavy atom. The number of nitrogens with one attached hydrogen (secondary N) is 1. The first-order valence-electron chi connectivity index (χ1n) is 4.57. The highest BCUT2D eigenvalue weighted by molar-refractivity contribution is 5.28. The van der Waals surface area contributed by atoms with E-state index in [4.69, 9.17) is 0 Å². The van der Waals surface area contributed by atoms with E-state index in [0.717, 1.165) is 0 Å². The summed E-state index contributed by atoms with van der Waals surface area (Å²) in [5, 5.41) is 3.51. The molecule has 11 heavy (non-hydrogen) atoms. The lowest BCUT2D eigenvalue weighted by molar-refractivity contribution is 0.695. The molecule has 1 nitrogen and oxygen atoms in total. The Bertz CT molecular complexity index is 185. The monoisotopic (exact) mass is 149 g/mol. The van der Waals surface area contributed by atoms with E-state index in [9.17, 15) is 0 Å². The molecule has 1 unspecified atom stereocenters. The van der Waals surface area contributed by atoms with Crippen molar-refractivity contribution < 1.29 is 0 Å². The largest absolute Gasteiger partial charge is 0.310 e. The van der Waals surface area contributed by atoms with Gasteiger partial charge in [0, 0.05) is 6.04 Å². The Morgan fingerprint density at radius 1 is 1.36 bits per heavy atom. The van der Waals surface area contributed by atoms with Gasteiger partial charge in [0.25, 0.3) is 0 Å². The lowest BCUT2D eigenvalue weighted by Crippen LogP contribution is -2.23. The van der Waals surface area contributed by atoms with E-state index in [1.165, 1.54) is 37.8 Å². The van der Waals surface area contributed by atoms with Gasteiger partial charge in [-0.05, 0) is 37.8 Å². The highest BCUT2D eigenvalue weighted by Gasteiger charge is 2.16. The molecule has 1 atom stereocenters. The summed E-state index contributed by atoms with van der Waals surface area (Å²) in [7, 11) is 0. The molecule has 0 aromatic carbocycles. The van der Waals surface area contributed by atoms with Gasteiger partial charge >= 0.3 is 0 Å². The number of rotatable bonds is 1. The lowest BCUT2D eigenvalue weighted by atomic mass is 9.99. The summed E-state index contributed by atoms with van der Waals surface area (Å²) in [4.78, 5) is 0. The van der Waals surface area contributed by atoms with Gasteiger partial charge in [0.1, 0.15) is 0 Å². The molecule has 1 fully saturated rings. The van der Waals surface area contributed by atoms with Crippen molar-refractivity contribution in [3.8, 4) is 0 Å². The van der Waals surface area contributed by atoms with Crippen molar-refractivity contribution in [3.63, 3.8) is 0 Å². The van der Waals surface area contributed by atoms with Crippen molar-refractivity contribution >= 4 is 0 Å². The lowest BCUT2D eigenvalue weighted by Gasteiger charge is -2.13. The number of hydrogen-bond donors (Lipinski definition) is 1. The molecule has 0 saturated carbocycles. The first-order valence-corrected chi connectivity index (χ1v) is 4.57. The molecular formula is C10H15N. The van der Waals surface area contributed by atoms with Crippen LogP contribution in [0.25, 0.3) is 0 Å². The maximum absolute atomic E-state index is 3.51. The molecule has 2 aliphatic rings. The van der Waals surface area contributed by atoms with Gasteiger partial charge in [0.05, 0.1) is 0 Å². The van der Waals surface area contributed by atoms with Crippen molar-refractivity contribution in [3.05, 3.63) is 23.8 Å². The van der Waals surface area contributed by atoms with Crippen LogP contribution >= 0.6 is 0 Å². The third-order valence-electron chi connectivity index (χ3n) is 2.49. The molecule has 1 N–H and O–H groups in total. The second-order valence-electron chi connectivity index (χ2n) is 3.33. The molecule has 1 aliphatic heterocycles. The van der Waals surface area contributed by atoms with E-state index in [1.54, 1.807) is 0 Å². The third-order valence-corrected chi connectivity index (χ3v) is 2.49. The molecule has 2 rings (SSSR count). The van der Waals surface area contributed by atoms with Gasteiger partial charge in [-0.1, -0.05) is 18.2 Å². The Labute approximate surface area is 68.2 Å². The van der Waals surface area contributed by atoms with Crippen molar-refractivity contribution in [2.75, 3.05) is 6.54 Å². The van der Waals surface area contributed by atoms with Crippen LogP contribution < -0.4 is 5.32 Å². The number of hydrogen-bond acceptors (Lipinski definition) is 1. The fraction of sp³-hybridized carbons (Fsp3) is 0.600. The van der Waals surface area contributed by atoms with Crippen LogP contribution in [0.15, 0.2) is 23.8 Å². The fourth-order valence-electron chi connectivity index (χ4n) is 1.86. The normalized spacial score (nSPS) is 30.5. The molecule has 0 aromatic heterocycles. The average molecular weight is 149 g/mol. The van der Waals surface area contributed by atoms with Gasteiger partial charge in [-0.25, -0.2) is 0 Å². The quantitative estimate of drug-likeness (QED) is 0.601. The van der Waals surface area contributed by atoms with E-state index in [2.05, 4.69) is 23.5 Å². The van der Waals surface area contributed by atoms with Crippen LogP contribution in [0.4, 0.5) is 0 Å². The zero-order valence-electron chi connectivity index (χ0n) is 6.84. The van der Waals surface area contributed by atoms with Crippen LogP contribution in [-0.2, 0) is 0 Å². The maximum Gasteiger partial charge on any atom is 0.0317 e. The second kappa shape index (κ2) is 3.22. The van der Waals surface area contributed by atoms with Crippen LogP contribution in [0.1, 0.15) is 25.7 Å². The molecule has 0 aromatic rings. The summed E-state index contributed by atoms with van der Waals surface area (Å²) in [6.45, 7) is 1.20. The van der Waals surface area contributed by atoms with E-state index >= 15 is 0 Å². The van der Waals surface area contributed by atoms with Gasteiger partial charge in [-0.2, -0.15) is 0 Å². The van der Waals surface area contributed by atoms with Gasteiger partial charge < -0.3 is 5.32 Å².